The van der Waals surface area contributed by atoms with Crippen molar-refractivity contribution in [2.24, 2.45) is 0 Å². The first-order valence-corrected chi connectivity index (χ1v) is 9.01. The van der Waals surface area contributed by atoms with E-state index >= 15 is 0 Å². The van der Waals surface area contributed by atoms with E-state index in [1.165, 1.54) is 32.0 Å². The molecule has 1 heterocycles. The molecule has 3 aromatic carbocycles. The Hall–Kier alpha value is -2.35. The highest BCUT2D eigenvalue weighted by Gasteiger charge is 2.13. The lowest BCUT2D eigenvalue weighted by atomic mass is 10.0. The molecule has 0 fully saturated rings. The van der Waals surface area contributed by atoms with Gasteiger partial charge in [0.2, 0.25) is 0 Å². The van der Waals surface area contributed by atoms with Crippen molar-refractivity contribution >= 4 is 22.9 Å². The average Bonchev–Trinajstić information content (AvgIpc) is 3.09. The number of hydrogen-bond donors (Lipinski definition) is 0. The molecule has 4 rings (SSSR count). The maximum absolute atomic E-state index is 6.03. The predicted molar refractivity (Wildman–Crippen MR) is 106 cm³/mol. The average molecular weight is 347 g/mol. The fraction of sp³-hybridized carbons (Fsp3) is 0. The van der Waals surface area contributed by atoms with E-state index < -0.39 is 0 Å². The molecule has 0 saturated heterocycles. The summed E-state index contributed by atoms with van der Waals surface area (Å²) in [6.45, 7) is 0. The van der Waals surface area contributed by atoms with E-state index in [1.54, 1.807) is 0 Å². The number of halogens is 1. The first-order valence-electron chi connectivity index (χ1n) is 7.82. The molecule has 24 heavy (non-hydrogen) atoms. The SMILES string of the molecule is Clc1ccc(-c2cc(-c3ccccc3)c(-c3ccccc3)s2)cc1. The van der Waals surface area contributed by atoms with Crippen molar-refractivity contribution in [3.8, 4) is 32.0 Å². The smallest absolute Gasteiger partial charge is 0.0427 e. The summed E-state index contributed by atoms with van der Waals surface area (Å²) in [5.41, 5.74) is 4.97. The van der Waals surface area contributed by atoms with Crippen molar-refractivity contribution in [2.75, 3.05) is 0 Å². The molecular formula is C22H15ClS. The fourth-order valence-corrected chi connectivity index (χ4v) is 4.10. The molecule has 0 amide bonds. The molecule has 0 bridgehead atoms. The van der Waals surface area contributed by atoms with Crippen LogP contribution in [0.15, 0.2) is 91.0 Å². The number of rotatable bonds is 3. The zero-order chi connectivity index (χ0) is 16.4. The van der Waals surface area contributed by atoms with E-state index in [0.29, 0.717) is 0 Å². The molecule has 0 aliphatic rings. The van der Waals surface area contributed by atoms with E-state index in [1.807, 2.05) is 23.5 Å². The van der Waals surface area contributed by atoms with Gasteiger partial charge in [0.25, 0.3) is 0 Å². The Morgan fingerprint density at radius 1 is 0.583 bits per heavy atom. The summed E-state index contributed by atoms with van der Waals surface area (Å²) in [5.74, 6) is 0. The normalized spacial score (nSPS) is 10.7. The molecule has 2 heteroatoms. The molecule has 0 N–H and O–H groups in total. The standard InChI is InChI=1S/C22H15ClS/c23-19-13-11-17(12-14-19)21-15-20(16-7-3-1-4-8-16)22(24-21)18-9-5-2-6-10-18/h1-15H. The number of hydrogen-bond acceptors (Lipinski definition) is 1. The van der Waals surface area contributed by atoms with E-state index in [-0.39, 0.29) is 0 Å². The molecule has 0 unspecified atom stereocenters. The molecule has 1 aromatic heterocycles. The van der Waals surface area contributed by atoms with E-state index in [9.17, 15) is 0 Å². The molecular weight excluding hydrogens is 332 g/mol. The Morgan fingerprint density at radius 3 is 1.79 bits per heavy atom. The van der Waals surface area contributed by atoms with Gasteiger partial charge in [-0.15, -0.1) is 11.3 Å². The molecule has 116 valence electrons. The predicted octanol–water partition coefficient (Wildman–Crippen LogP) is 7.40. The van der Waals surface area contributed by atoms with Crippen molar-refractivity contribution in [1.82, 2.24) is 0 Å². The van der Waals surface area contributed by atoms with Gasteiger partial charge in [-0.05, 0) is 34.9 Å². The van der Waals surface area contributed by atoms with Crippen LogP contribution in [0.25, 0.3) is 32.0 Å². The van der Waals surface area contributed by atoms with Crippen LogP contribution in [-0.2, 0) is 0 Å². The van der Waals surface area contributed by atoms with Gasteiger partial charge in [-0.25, -0.2) is 0 Å². The third kappa shape index (κ3) is 3.01. The quantitative estimate of drug-likeness (QED) is 0.362. The molecule has 0 aliphatic carbocycles. The molecule has 0 saturated carbocycles. The van der Waals surface area contributed by atoms with Gasteiger partial charge in [0.15, 0.2) is 0 Å². The first-order chi connectivity index (χ1) is 11.8. The minimum absolute atomic E-state index is 0.766. The summed E-state index contributed by atoms with van der Waals surface area (Å²) in [4.78, 5) is 2.55. The van der Waals surface area contributed by atoms with E-state index in [2.05, 4.69) is 78.9 Å². The number of thiophene rings is 1. The van der Waals surface area contributed by atoms with Crippen LogP contribution in [0.4, 0.5) is 0 Å². The van der Waals surface area contributed by atoms with Crippen LogP contribution in [0.1, 0.15) is 0 Å². The number of benzene rings is 3. The van der Waals surface area contributed by atoms with E-state index in [4.69, 9.17) is 11.6 Å². The fourth-order valence-electron chi connectivity index (χ4n) is 2.78. The summed E-state index contributed by atoms with van der Waals surface area (Å²) < 4.78 is 0. The lowest BCUT2D eigenvalue weighted by Crippen LogP contribution is -1.78. The minimum atomic E-state index is 0.766. The monoisotopic (exact) mass is 346 g/mol. The Labute approximate surface area is 151 Å². The largest absolute Gasteiger partial charge is 0.135 e. The lowest BCUT2D eigenvalue weighted by molar-refractivity contribution is 1.64. The maximum atomic E-state index is 6.03. The summed E-state index contributed by atoms with van der Waals surface area (Å²) >= 11 is 7.85. The van der Waals surface area contributed by atoms with Crippen molar-refractivity contribution in [3.63, 3.8) is 0 Å². The molecule has 0 radical (unpaired) electrons. The van der Waals surface area contributed by atoms with Gasteiger partial charge >= 0.3 is 0 Å². The highest BCUT2D eigenvalue weighted by Crippen LogP contribution is 2.43. The molecule has 0 atom stereocenters. The summed E-state index contributed by atoms with van der Waals surface area (Å²) in [6, 6.07) is 31.5. The van der Waals surface area contributed by atoms with Crippen LogP contribution in [0.2, 0.25) is 5.02 Å². The molecule has 0 aliphatic heterocycles. The van der Waals surface area contributed by atoms with Crippen LogP contribution in [0.5, 0.6) is 0 Å². The maximum Gasteiger partial charge on any atom is 0.0427 e. The second-order valence-corrected chi connectivity index (χ2v) is 7.08. The molecule has 4 aromatic rings. The van der Waals surface area contributed by atoms with Gasteiger partial charge in [0, 0.05) is 20.3 Å². The minimum Gasteiger partial charge on any atom is -0.135 e. The Kier molecular flexibility index (Phi) is 4.20. The highest BCUT2D eigenvalue weighted by molar-refractivity contribution is 7.19. The van der Waals surface area contributed by atoms with Crippen LogP contribution in [0, 0.1) is 0 Å². The zero-order valence-corrected chi connectivity index (χ0v) is 14.5. The van der Waals surface area contributed by atoms with Crippen LogP contribution >= 0.6 is 22.9 Å². The summed E-state index contributed by atoms with van der Waals surface area (Å²) in [5, 5.41) is 0.766. The third-order valence-corrected chi connectivity index (χ3v) is 5.47. The Morgan fingerprint density at radius 2 is 1.17 bits per heavy atom. The van der Waals surface area contributed by atoms with Crippen molar-refractivity contribution in [3.05, 3.63) is 96.0 Å². The Balaban J connectivity index is 1.89. The van der Waals surface area contributed by atoms with Gasteiger partial charge < -0.3 is 0 Å². The molecule has 0 nitrogen and oxygen atoms in total. The van der Waals surface area contributed by atoms with Gasteiger partial charge in [-0.1, -0.05) is 84.4 Å². The lowest BCUT2D eigenvalue weighted by Gasteiger charge is -2.03. The summed E-state index contributed by atoms with van der Waals surface area (Å²) in [7, 11) is 0. The van der Waals surface area contributed by atoms with Gasteiger partial charge in [0.05, 0.1) is 0 Å². The summed E-state index contributed by atoms with van der Waals surface area (Å²) in [6.07, 6.45) is 0. The second kappa shape index (κ2) is 6.64. The van der Waals surface area contributed by atoms with Crippen LogP contribution < -0.4 is 0 Å². The Bertz CT molecular complexity index is 881. The van der Waals surface area contributed by atoms with Gasteiger partial charge in [-0.2, -0.15) is 0 Å². The third-order valence-electron chi connectivity index (χ3n) is 3.98. The van der Waals surface area contributed by atoms with E-state index in [0.717, 1.165) is 5.02 Å². The topological polar surface area (TPSA) is 0 Å². The van der Waals surface area contributed by atoms with Gasteiger partial charge in [0.1, 0.15) is 0 Å². The second-order valence-electron chi connectivity index (χ2n) is 5.59. The van der Waals surface area contributed by atoms with Crippen LogP contribution in [0.3, 0.4) is 0 Å². The van der Waals surface area contributed by atoms with Crippen LogP contribution in [-0.4, -0.2) is 0 Å². The van der Waals surface area contributed by atoms with Gasteiger partial charge in [-0.3, -0.25) is 0 Å². The van der Waals surface area contributed by atoms with Crippen molar-refractivity contribution in [2.45, 2.75) is 0 Å². The first kappa shape index (κ1) is 15.2. The highest BCUT2D eigenvalue weighted by atomic mass is 35.5. The zero-order valence-electron chi connectivity index (χ0n) is 12.9. The van der Waals surface area contributed by atoms with Crippen molar-refractivity contribution in [1.29, 1.82) is 0 Å². The van der Waals surface area contributed by atoms with Crippen molar-refractivity contribution < 1.29 is 0 Å². The molecule has 0 spiro atoms.